The molecule has 9 heteroatoms. The van der Waals surface area contributed by atoms with Gasteiger partial charge in [0.25, 0.3) is 0 Å². The second-order valence-corrected chi connectivity index (χ2v) is 8.07. The summed E-state index contributed by atoms with van der Waals surface area (Å²) in [7, 11) is -3.29. The molecule has 1 amide bonds. The average Bonchev–Trinajstić information content (AvgIpc) is 3.04. The number of para-hydroxylation sites is 1. The van der Waals surface area contributed by atoms with E-state index in [2.05, 4.69) is 0 Å². The van der Waals surface area contributed by atoms with E-state index in [9.17, 15) is 18.0 Å². The zero-order valence-corrected chi connectivity index (χ0v) is 17.0. The third-order valence-electron chi connectivity index (χ3n) is 3.76. The number of ether oxygens (including phenoxy) is 2. The fraction of sp³-hybridized carbons (Fsp3) is 0.200. The number of fused-ring (bicyclic) bond motifs is 1. The lowest BCUT2D eigenvalue weighted by Crippen LogP contribution is -2.32. The van der Waals surface area contributed by atoms with Gasteiger partial charge in [-0.25, -0.2) is 18.0 Å². The van der Waals surface area contributed by atoms with E-state index < -0.39 is 28.7 Å². The maximum absolute atomic E-state index is 12.4. The number of carbonyl (C=O) groups excluding carboxylic acids is 2. The Bertz CT molecular complexity index is 1120. The molecule has 0 aliphatic heterocycles. The summed E-state index contributed by atoms with van der Waals surface area (Å²) in [4.78, 5) is 24.6. The summed E-state index contributed by atoms with van der Waals surface area (Å²) in [6.45, 7) is 5.27. The summed E-state index contributed by atoms with van der Waals surface area (Å²) < 4.78 is 35.7. The molecule has 0 unspecified atom stereocenters. The first-order valence-corrected chi connectivity index (χ1v) is 9.83. The minimum atomic E-state index is -3.29. The van der Waals surface area contributed by atoms with Gasteiger partial charge < -0.3 is 9.47 Å². The highest BCUT2D eigenvalue weighted by Crippen LogP contribution is 2.25. The summed E-state index contributed by atoms with van der Waals surface area (Å²) >= 11 is 0. The van der Waals surface area contributed by atoms with E-state index in [-0.39, 0.29) is 11.4 Å². The summed E-state index contributed by atoms with van der Waals surface area (Å²) in [5.74, 6) is 0.219. The molecule has 0 N–H and O–H groups in total. The Hall–Kier alpha value is -3.33. The molecule has 0 fully saturated rings. The molecule has 0 aliphatic carbocycles. The second-order valence-electron chi connectivity index (χ2n) is 7.19. The fourth-order valence-corrected chi connectivity index (χ4v) is 3.07. The van der Waals surface area contributed by atoms with Crippen molar-refractivity contribution in [3.8, 4) is 5.75 Å². The van der Waals surface area contributed by atoms with E-state index in [1.807, 2.05) is 0 Å². The van der Waals surface area contributed by atoms with Gasteiger partial charge in [0.05, 0.1) is 5.69 Å². The first-order valence-electron chi connectivity index (χ1n) is 8.70. The zero-order valence-electron chi connectivity index (χ0n) is 16.1. The standard InChI is InChI=1S/C20H20N2O6S/c1-20(2,3)28-18(23)21-12-14-9-10-16(11-15(14)13-21)22(29(25)26)19(24)27-17-7-5-4-6-8-17/h4-13,29H,1-3H3. The van der Waals surface area contributed by atoms with E-state index in [4.69, 9.17) is 9.47 Å². The monoisotopic (exact) mass is 416 g/mol. The lowest BCUT2D eigenvalue weighted by Gasteiger charge is -2.19. The highest BCUT2D eigenvalue weighted by Gasteiger charge is 2.22. The number of thiol groups is 1. The number of benzene rings is 2. The smallest absolute Gasteiger partial charge is 0.433 e. The maximum atomic E-state index is 12.4. The van der Waals surface area contributed by atoms with Crippen molar-refractivity contribution in [1.82, 2.24) is 4.57 Å². The molecule has 3 aromatic rings. The Balaban J connectivity index is 1.90. The van der Waals surface area contributed by atoms with E-state index in [1.54, 1.807) is 51.2 Å². The van der Waals surface area contributed by atoms with Crippen molar-refractivity contribution in [1.29, 1.82) is 0 Å². The third-order valence-corrected chi connectivity index (χ3v) is 4.48. The zero-order chi connectivity index (χ0) is 21.2. The number of aromatic nitrogens is 1. The molecule has 3 rings (SSSR count). The predicted molar refractivity (Wildman–Crippen MR) is 109 cm³/mol. The van der Waals surface area contributed by atoms with Crippen molar-refractivity contribution >= 4 is 39.5 Å². The number of amides is 1. The van der Waals surface area contributed by atoms with Gasteiger partial charge >= 0.3 is 12.2 Å². The van der Waals surface area contributed by atoms with Gasteiger partial charge in [-0.15, -0.1) is 0 Å². The van der Waals surface area contributed by atoms with Crippen molar-refractivity contribution in [3.05, 3.63) is 60.9 Å². The van der Waals surface area contributed by atoms with Crippen molar-refractivity contribution in [3.63, 3.8) is 0 Å². The Kier molecular flexibility index (Phi) is 5.60. The fourth-order valence-electron chi connectivity index (χ4n) is 2.58. The number of rotatable bonds is 3. The van der Waals surface area contributed by atoms with Crippen LogP contribution in [-0.4, -0.2) is 30.8 Å². The number of hydrogen-bond donors (Lipinski definition) is 1. The van der Waals surface area contributed by atoms with Crippen LogP contribution < -0.4 is 9.04 Å². The van der Waals surface area contributed by atoms with Crippen LogP contribution in [0, 0.1) is 0 Å². The van der Waals surface area contributed by atoms with Crippen LogP contribution >= 0.6 is 0 Å². The van der Waals surface area contributed by atoms with E-state index in [0.717, 1.165) is 0 Å². The molecule has 1 heterocycles. The first kappa shape index (κ1) is 20.4. The number of hydrogen-bond acceptors (Lipinski definition) is 6. The third kappa shape index (κ3) is 4.94. The quantitative estimate of drug-likeness (QED) is 0.650. The molecular weight excluding hydrogens is 396 g/mol. The summed E-state index contributed by atoms with van der Waals surface area (Å²) in [5.41, 5.74) is -0.561. The van der Waals surface area contributed by atoms with Gasteiger partial charge in [0.1, 0.15) is 11.4 Å². The van der Waals surface area contributed by atoms with Crippen LogP contribution in [0.1, 0.15) is 20.8 Å². The molecule has 0 atom stereocenters. The van der Waals surface area contributed by atoms with Gasteiger partial charge in [0.15, 0.2) is 0 Å². The summed E-state index contributed by atoms with van der Waals surface area (Å²) in [5, 5.41) is 1.24. The maximum Gasteiger partial charge on any atom is 0.433 e. The summed E-state index contributed by atoms with van der Waals surface area (Å²) in [6, 6.07) is 12.7. The summed E-state index contributed by atoms with van der Waals surface area (Å²) in [6.07, 6.45) is 1.45. The molecule has 152 valence electrons. The van der Waals surface area contributed by atoms with Crippen molar-refractivity contribution in [2.45, 2.75) is 26.4 Å². The van der Waals surface area contributed by atoms with Gasteiger partial charge in [-0.3, -0.25) is 4.57 Å². The van der Waals surface area contributed by atoms with Crippen LogP contribution in [0.4, 0.5) is 15.3 Å². The van der Waals surface area contributed by atoms with E-state index >= 15 is 0 Å². The topological polar surface area (TPSA) is 94.9 Å². The average molecular weight is 416 g/mol. The number of nitrogens with zero attached hydrogens (tertiary/aromatic N) is 2. The van der Waals surface area contributed by atoms with E-state index in [0.29, 0.717) is 15.1 Å². The molecule has 0 aliphatic rings. The molecule has 2 aromatic carbocycles. The number of carbonyl (C=O) groups is 2. The van der Waals surface area contributed by atoms with Gasteiger partial charge in [0, 0.05) is 23.2 Å². The van der Waals surface area contributed by atoms with Gasteiger partial charge in [-0.05, 0) is 45.0 Å². The lowest BCUT2D eigenvalue weighted by atomic mass is 10.2. The molecule has 1 aromatic heterocycles. The first-order chi connectivity index (χ1) is 13.6. The minimum Gasteiger partial charge on any atom is -0.443 e. The highest BCUT2D eigenvalue weighted by molar-refractivity contribution is 7.75. The van der Waals surface area contributed by atoms with E-state index in [1.165, 1.54) is 35.0 Å². The molecule has 0 bridgehead atoms. The normalized spacial score (nSPS) is 11.4. The molecule has 0 spiro atoms. The number of anilines is 1. The molecular formula is C20H20N2O6S. The lowest BCUT2D eigenvalue weighted by molar-refractivity contribution is 0.0537. The Labute approximate surface area is 169 Å². The van der Waals surface area contributed by atoms with Crippen molar-refractivity contribution in [2.24, 2.45) is 0 Å². The highest BCUT2D eigenvalue weighted by atomic mass is 32.2. The van der Waals surface area contributed by atoms with Crippen LogP contribution in [0.5, 0.6) is 5.75 Å². The Morgan fingerprint density at radius 1 is 0.966 bits per heavy atom. The molecule has 0 radical (unpaired) electrons. The van der Waals surface area contributed by atoms with Crippen LogP contribution in [0.3, 0.4) is 0 Å². The predicted octanol–water partition coefficient (Wildman–Crippen LogP) is 3.96. The molecule has 0 saturated carbocycles. The Morgan fingerprint density at radius 3 is 2.24 bits per heavy atom. The van der Waals surface area contributed by atoms with Crippen LogP contribution in [-0.2, 0) is 15.6 Å². The molecule has 8 nitrogen and oxygen atoms in total. The van der Waals surface area contributed by atoms with Gasteiger partial charge in [-0.2, -0.15) is 4.31 Å². The second kappa shape index (κ2) is 7.96. The van der Waals surface area contributed by atoms with Crippen LogP contribution in [0.2, 0.25) is 0 Å². The van der Waals surface area contributed by atoms with Gasteiger partial charge in [0.2, 0.25) is 10.9 Å². The van der Waals surface area contributed by atoms with Crippen molar-refractivity contribution in [2.75, 3.05) is 4.31 Å². The SMILES string of the molecule is CC(C)(C)OC(=O)n1cc2ccc(N(C(=O)Oc3ccccc3)[SH](=O)=O)cc2c1. The van der Waals surface area contributed by atoms with Gasteiger partial charge in [-0.1, -0.05) is 24.3 Å². The van der Waals surface area contributed by atoms with Crippen LogP contribution in [0.25, 0.3) is 10.8 Å². The largest absolute Gasteiger partial charge is 0.443 e. The van der Waals surface area contributed by atoms with Crippen LogP contribution in [0.15, 0.2) is 60.9 Å². The Morgan fingerprint density at radius 2 is 1.62 bits per heavy atom. The minimum absolute atomic E-state index is 0.0940. The molecule has 29 heavy (non-hydrogen) atoms. The molecule has 0 saturated heterocycles. The van der Waals surface area contributed by atoms with Crippen molar-refractivity contribution < 1.29 is 27.5 Å².